The van der Waals surface area contributed by atoms with E-state index in [4.69, 9.17) is 4.74 Å². The van der Waals surface area contributed by atoms with Crippen LogP contribution in [0.3, 0.4) is 0 Å². The van der Waals surface area contributed by atoms with Gasteiger partial charge in [0.05, 0.1) is 6.10 Å². The van der Waals surface area contributed by atoms with E-state index in [9.17, 15) is 17.6 Å². The highest BCUT2D eigenvalue weighted by Gasteiger charge is 2.66. The molecule has 1 fully saturated rings. The second-order valence-corrected chi connectivity index (χ2v) is 4.97. The van der Waals surface area contributed by atoms with Gasteiger partial charge in [-0.2, -0.15) is 17.6 Å². The van der Waals surface area contributed by atoms with Crippen LogP contribution in [-0.4, -0.2) is 24.6 Å². The molecule has 1 nitrogen and oxygen atoms in total. The van der Waals surface area contributed by atoms with Crippen LogP contribution in [-0.2, 0) is 4.74 Å². The van der Waals surface area contributed by atoms with Gasteiger partial charge in [-0.25, -0.2) is 0 Å². The Hall–Kier alpha value is -0.320. The summed E-state index contributed by atoms with van der Waals surface area (Å²) in [7, 11) is 0. The summed E-state index contributed by atoms with van der Waals surface area (Å²) in [5.74, 6) is -9.42. The van der Waals surface area contributed by atoms with Gasteiger partial charge in [0.25, 0.3) is 0 Å². The normalized spacial score (nSPS) is 30.5. The standard InChI is InChI=1S/C7H10F4.C6H14O/c1-4-3-6(8,9)7(10,11)5(4)2;1-4-6(3)7-5-2/h4-5H,3H2,1-2H3;6H,4-5H2,1-3H3. The van der Waals surface area contributed by atoms with Crippen LogP contribution in [0.5, 0.6) is 0 Å². The fraction of sp³-hybridized carbons (Fsp3) is 1.00. The van der Waals surface area contributed by atoms with Crippen molar-refractivity contribution in [1.29, 1.82) is 0 Å². The summed E-state index contributed by atoms with van der Waals surface area (Å²) in [5.41, 5.74) is 0. The molecule has 3 atom stereocenters. The Bertz CT molecular complexity index is 243. The fourth-order valence-corrected chi connectivity index (χ4v) is 1.81. The molecule has 0 spiro atoms. The maximum absolute atomic E-state index is 12.6. The van der Waals surface area contributed by atoms with Crippen LogP contribution in [0.25, 0.3) is 0 Å². The number of rotatable bonds is 3. The third-order valence-electron chi connectivity index (χ3n) is 3.52. The lowest BCUT2D eigenvalue weighted by atomic mass is 9.99. The van der Waals surface area contributed by atoms with Crippen molar-refractivity contribution < 1.29 is 22.3 Å². The summed E-state index contributed by atoms with van der Waals surface area (Å²) in [4.78, 5) is 0. The zero-order valence-corrected chi connectivity index (χ0v) is 11.8. The molecule has 0 N–H and O–H groups in total. The van der Waals surface area contributed by atoms with Crippen LogP contribution in [0.1, 0.15) is 47.5 Å². The Morgan fingerprint density at radius 1 is 1.17 bits per heavy atom. The average Bonchev–Trinajstić information content (AvgIpc) is 2.40. The van der Waals surface area contributed by atoms with E-state index in [1.807, 2.05) is 6.92 Å². The van der Waals surface area contributed by atoms with Crippen LogP contribution in [0.4, 0.5) is 17.6 Å². The zero-order valence-electron chi connectivity index (χ0n) is 11.8. The van der Waals surface area contributed by atoms with Gasteiger partial charge in [-0.05, 0) is 26.2 Å². The first-order chi connectivity index (χ1) is 8.10. The predicted octanol–water partition coefficient (Wildman–Crippen LogP) is 4.75. The van der Waals surface area contributed by atoms with Crippen LogP contribution in [0.2, 0.25) is 0 Å². The van der Waals surface area contributed by atoms with E-state index in [0.717, 1.165) is 13.0 Å². The largest absolute Gasteiger partial charge is 0.379 e. The number of hydrogen-bond acceptors (Lipinski definition) is 1. The summed E-state index contributed by atoms with van der Waals surface area (Å²) >= 11 is 0. The van der Waals surface area contributed by atoms with Gasteiger partial charge in [0, 0.05) is 18.9 Å². The Morgan fingerprint density at radius 2 is 1.67 bits per heavy atom. The third kappa shape index (κ3) is 4.11. The molecule has 0 aromatic rings. The van der Waals surface area contributed by atoms with Gasteiger partial charge in [0.2, 0.25) is 0 Å². The molecule has 0 saturated heterocycles. The molecule has 1 rings (SSSR count). The number of ether oxygens (including phenoxy) is 1. The maximum atomic E-state index is 12.6. The summed E-state index contributed by atoms with van der Waals surface area (Å²) in [6.45, 7) is 9.68. The molecule has 0 aromatic carbocycles. The van der Waals surface area contributed by atoms with Gasteiger partial charge in [0.15, 0.2) is 0 Å². The highest BCUT2D eigenvalue weighted by Crippen LogP contribution is 2.53. The van der Waals surface area contributed by atoms with E-state index in [1.54, 1.807) is 0 Å². The van der Waals surface area contributed by atoms with Crippen molar-refractivity contribution in [3.8, 4) is 0 Å². The molecular weight excluding hydrogens is 248 g/mol. The first kappa shape index (κ1) is 17.7. The van der Waals surface area contributed by atoms with Gasteiger partial charge in [-0.3, -0.25) is 0 Å². The summed E-state index contributed by atoms with van der Waals surface area (Å²) < 4.78 is 55.4. The second-order valence-electron chi connectivity index (χ2n) is 4.97. The quantitative estimate of drug-likeness (QED) is 0.673. The first-order valence-corrected chi connectivity index (χ1v) is 6.47. The topological polar surface area (TPSA) is 9.23 Å². The van der Waals surface area contributed by atoms with Gasteiger partial charge >= 0.3 is 11.8 Å². The molecular formula is C13H24F4O. The van der Waals surface area contributed by atoms with Crippen molar-refractivity contribution in [1.82, 2.24) is 0 Å². The van der Waals surface area contributed by atoms with E-state index >= 15 is 0 Å². The molecule has 0 radical (unpaired) electrons. The van der Waals surface area contributed by atoms with E-state index in [2.05, 4.69) is 13.8 Å². The Kier molecular flexibility index (Phi) is 6.61. The van der Waals surface area contributed by atoms with E-state index in [0.29, 0.717) is 6.10 Å². The summed E-state index contributed by atoms with van der Waals surface area (Å²) in [6.07, 6.45) is 0.875. The van der Waals surface area contributed by atoms with Gasteiger partial charge < -0.3 is 4.74 Å². The molecule has 5 heteroatoms. The number of alkyl halides is 4. The second kappa shape index (κ2) is 6.73. The molecule has 0 amide bonds. The van der Waals surface area contributed by atoms with Crippen LogP contribution >= 0.6 is 0 Å². The van der Waals surface area contributed by atoms with Crippen molar-refractivity contribution in [3.63, 3.8) is 0 Å². The van der Waals surface area contributed by atoms with E-state index in [-0.39, 0.29) is 0 Å². The fourth-order valence-electron chi connectivity index (χ4n) is 1.81. The molecule has 0 bridgehead atoms. The van der Waals surface area contributed by atoms with Crippen molar-refractivity contribution >= 4 is 0 Å². The Balaban J connectivity index is 0.000000360. The minimum Gasteiger partial charge on any atom is -0.379 e. The molecule has 0 aromatic heterocycles. The lowest BCUT2D eigenvalue weighted by Crippen LogP contribution is -2.38. The molecule has 18 heavy (non-hydrogen) atoms. The zero-order chi connectivity index (χ0) is 14.6. The number of hydrogen-bond donors (Lipinski definition) is 0. The van der Waals surface area contributed by atoms with Crippen molar-refractivity contribution in [2.75, 3.05) is 6.61 Å². The molecule has 3 unspecified atom stereocenters. The summed E-state index contributed by atoms with van der Waals surface area (Å²) in [5, 5.41) is 0. The minimum atomic E-state index is -3.81. The Labute approximate surface area is 107 Å². The molecule has 0 aliphatic heterocycles. The van der Waals surface area contributed by atoms with E-state index < -0.39 is 30.1 Å². The molecule has 0 heterocycles. The van der Waals surface area contributed by atoms with Crippen molar-refractivity contribution in [2.45, 2.75) is 65.4 Å². The smallest absolute Gasteiger partial charge is 0.312 e. The monoisotopic (exact) mass is 272 g/mol. The third-order valence-corrected chi connectivity index (χ3v) is 3.52. The van der Waals surface area contributed by atoms with E-state index in [1.165, 1.54) is 13.8 Å². The Morgan fingerprint density at radius 3 is 1.78 bits per heavy atom. The lowest BCUT2D eigenvalue weighted by molar-refractivity contribution is -0.202. The number of halogens is 4. The van der Waals surface area contributed by atoms with Gasteiger partial charge in [-0.15, -0.1) is 0 Å². The average molecular weight is 272 g/mol. The highest BCUT2D eigenvalue weighted by molar-refractivity contribution is 4.99. The van der Waals surface area contributed by atoms with Gasteiger partial charge in [0.1, 0.15) is 0 Å². The minimum absolute atomic E-state index is 0.449. The van der Waals surface area contributed by atoms with Crippen molar-refractivity contribution in [3.05, 3.63) is 0 Å². The predicted molar refractivity (Wildman–Crippen MR) is 64.2 cm³/mol. The van der Waals surface area contributed by atoms with Crippen molar-refractivity contribution in [2.24, 2.45) is 11.8 Å². The first-order valence-electron chi connectivity index (χ1n) is 6.47. The van der Waals surface area contributed by atoms with Crippen LogP contribution in [0.15, 0.2) is 0 Å². The lowest BCUT2D eigenvalue weighted by Gasteiger charge is -2.21. The molecule has 1 aliphatic rings. The SMILES string of the molecule is CC1CC(F)(F)C(F)(F)C1C.CCOC(C)CC. The maximum Gasteiger partial charge on any atom is 0.312 e. The van der Waals surface area contributed by atoms with Crippen LogP contribution < -0.4 is 0 Å². The molecule has 1 saturated carbocycles. The summed E-state index contributed by atoms with van der Waals surface area (Å²) in [6, 6.07) is 0. The molecule has 110 valence electrons. The van der Waals surface area contributed by atoms with Crippen LogP contribution in [0, 0.1) is 11.8 Å². The molecule has 1 aliphatic carbocycles. The highest BCUT2D eigenvalue weighted by atomic mass is 19.3. The van der Waals surface area contributed by atoms with Gasteiger partial charge in [-0.1, -0.05) is 20.8 Å².